The summed E-state index contributed by atoms with van der Waals surface area (Å²) < 4.78 is 0. The zero-order valence-electron chi connectivity index (χ0n) is 23.4. The van der Waals surface area contributed by atoms with Gasteiger partial charge in [-0.1, -0.05) is 96.9 Å². The van der Waals surface area contributed by atoms with Crippen LogP contribution in [-0.2, 0) is 33.3 Å². The van der Waals surface area contributed by atoms with Gasteiger partial charge in [-0.25, -0.2) is 0 Å². The number of nitrogens with zero attached hydrogens (tertiary/aromatic N) is 2. The van der Waals surface area contributed by atoms with Crippen molar-refractivity contribution in [2.75, 3.05) is 0 Å². The Kier molecular flexibility index (Phi) is 18.5. The van der Waals surface area contributed by atoms with Crippen molar-refractivity contribution in [2.45, 2.75) is 124 Å². The fourth-order valence-corrected chi connectivity index (χ4v) is 4.48. The van der Waals surface area contributed by atoms with Gasteiger partial charge in [0.05, 0.1) is 22.8 Å². The fraction of sp³-hybridized carbons (Fsp3) is 0.576. The molecule has 0 aliphatic heterocycles. The molecule has 0 saturated heterocycles. The molecule has 0 amide bonds. The standard InChI is InChI=1S/C33H50N2.Pd/c1-5-9-14-19-28-25-29(20-15-10-6-2)27-31(26-28)35-32(23-12-8-4)33(24-16-11-7-3)34-30-21-17-13-18-22-30;/h13,17-18,21-22,25-27H,5-12,14-16,19-20,23-24H2,1-4H3;/b34-33+,35-32+;. The molecule has 36 heavy (non-hydrogen) atoms. The molecule has 2 aromatic rings. The Hall–Kier alpha value is -1.56. The predicted molar refractivity (Wildman–Crippen MR) is 157 cm³/mol. The van der Waals surface area contributed by atoms with Crippen molar-refractivity contribution in [2.24, 2.45) is 9.98 Å². The van der Waals surface area contributed by atoms with E-state index in [0.29, 0.717) is 0 Å². The summed E-state index contributed by atoms with van der Waals surface area (Å²) in [5, 5.41) is 0. The average Bonchev–Trinajstić information content (AvgIpc) is 2.87. The van der Waals surface area contributed by atoms with Crippen LogP contribution in [0.15, 0.2) is 58.5 Å². The largest absolute Gasteiger partial charge is 0.252 e. The SMILES string of the molecule is CCCCCC(=N\c1ccccc1)/C(CCCC)=N/c1cc(CCCCC)cc(CCCCC)c1.[Pd]. The van der Waals surface area contributed by atoms with Crippen LogP contribution in [0.1, 0.15) is 122 Å². The van der Waals surface area contributed by atoms with Crippen molar-refractivity contribution >= 4 is 22.8 Å². The Morgan fingerprint density at radius 2 is 1.00 bits per heavy atom. The predicted octanol–water partition coefficient (Wildman–Crippen LogP) is 10.8. The van der Waals surface area contributed by atoms with Crippen LogP contribution in [0.4, 0.5) is 11.4 Å². The summed E-state index contributed by atoms with van der Waals surface area (Å²) in [5.74, 6) is 0. The van der Waals surface area contributed by atoms with E-state index in [1.54, 1.807) is 0 Å². The molecule has 0 atom stereocenters. The zero-order valence-corrected chi connectivity index (χ0v) is 25.0. The van der Waals surface area contributed by atoms with Crippen molar-refractivity contribution in [1.82, 2.24) is 0 Å². The topological polar surface area (TPSA) is 24.7 Å². The van der Waals surface area contributed by atoms with E-state index < -0.39 is 0 Å². The van der Waals surface area contributed by atoms with Gasteiger partial charge in [0.1, 0.15) is 0 Å². The molecular formula is C33H50N2Pd. The summed E-state index contributed by atoms with van der Waals surface area (Å²) in [5.41, 5.74) is 7.45. The minimum absolute atomic E-state index is 0. The molecule has 0 bridgehead atoms. The number of hydrogen-bond donors (Lipinski definition) is 0. The number of rotatable bonds is 18. The number of unbranched alkanes of at least 4 members (excludes halogenated alkanes) is 7. The molecule has 0 aromatic heterocycles. The van der Waals surface area contributed by atoms with Gasteiger partial charge < -0.3 is 0 Å². The van der Waals surface area contributed by atoms with Crippen molar-refractivity contribution in [3.8, 4) is 0 Å². The van der Waals surface area contributed by atoms with E-state index in [1.807, 2.05) is 0 Å². The molecule has 0 spiro atoms. The molecule has 0 N–H and O–H groups in total. The van der Waals surface area contributed by atoms with Crippen LogP contribution >= 0.6 is 0 Å². The molecule has 0 aliphatic rings. The van der Waals surface area contributed by atoms with Crippen LogP contribution in [0.2, 0.25) is 0 Å². The Morgan fingerprint density at radius 3 is 1.53 bits per heavy atom. The van der Waals surface area contributed by atoms with Gasteiger partial charge in [0.25, 0.3) is 0 Å². The summed E-state index contributed by atoms with van der Waals surface area (Å²) >= 11 is 0. The maximum atomic E-state index is 5.34. The van der Waals surface area contributed by atoms with E-state index in [4.69, 9.17) is 9.98 Å². The van der Waals surface area contributed by atoms with E-state index >= 15 is 0 Å². The summed E-state index contributed by atoms with van der Waals surface area (Å²) in [6.45, 7) is 9.10. The summed E-state index contributed by atoms with van der Waals surface area (Å²) in [6, 6.07) is 17.6. The number of para-hydroxylation sites is 1. The first-order chi connectivity index (χ1) is 17.2. The van der Waals surface area contributed by atoms with Crippen LogP contribution in [0.5, 0.6) is 0 Å². The number of aryl methyl sites for hydroxylation is 2. The van der Waals surface area contributed by atoms with E-state index in [0.717, 1.165) is 43.5 Å². The van der Waals surface area contributed by atoms with Crippen molar-refractivity contribution in [1.29, 1.82) is 0 Å². The molecule has 3 heteroatoms. The minimum Gasteiger partial charge on any atom is -0.252 e. The third kappa shape index (κ3) is 13.1. The van der Waals surface area contributed by atoms with Gasteiger partial charge in [0, 0.05) is 20.4 Å². The molecule has 2 aromatic carbocycles. The summed E-state index contributed by atoms with van der Waals surface area (Å²) in [7, 11) is 0. The molecule has 0 saturated carbocycles. The Morgan fingerprint density at radius 1 is 0.528 bits per heavy atom. The van der Waals surface area contributed by atoms with Crippen molar-refractivity contribution in [3.05, 3.63) is 59.7 Å². The summed E-state index contributed by atoms with van der Waals surface area (Å²) in [6.07, 6.45) is 17.9. The Bertz CT molecular complexity index is 858. The number of hydrogen-bond acceptors (Lipinski definition) is 2. The van der Waals surface area contributed by atoms with E-state index in [2.05, 4.69) is 76.2 Å². The van der Waals surface area contributed by atoms with Crippen LogP contribution in [0.25, 0.3) is 0 Å². The normalized spacial score (nSPS) is 12.0. The van der Waals surface area contributed by atoms with E-state index in [1.165, 1.54) is 86.8 Å². The maximum Gasteiger partial charge on any atom is 0.0639 e. The maximum absolute atomic E-state index is 5.34. The van der Waals surface area contributed by atoms with Crippen LogP contribution in [-0.4, -0.2) is 11.4 Å². The first-order valence-electron chi connectivity index (χ1n) is 14.5. The molecular weight excluding hydrogens is 531 g/mol. The zero-order chi connectivity index (χ0) is 25.1. The fourth-order valence-electron chi connectivity index (χ4n) is 4.48. The van der Waals surface area contributed by atoms with Gasteiger partial charge in [-0.15, -0.1) is 0 Å². The molecule has 0 radical (unpaired) electrons. The molecule has 2 nitrogen and oxygen atoms in total. The smallest absolute Gasteiger partial charge is 0.0639 e. The van der Waals surface area contributed by atoms with Crippen LogP contribution in [0.3, 0.4) is 0 Å². The van der Waals surface area contributed by atoms with E-state index in [9.17, 15) is 0 Å². The van der Waals surface area contributed by atoms with Gasteiger partial charge in [-0.2, -0.15) is 0 Å². The van der Waals surface area contributed by atoms with Gasteiger partial charge in [0.2, 0.25) is 0 Å². The average molecular weight is 581 g/mol. The van der Waals surface area contributed by atoms with Gasteiger partial charge in [-0.05, 0) is 86.8 Å². The van der Waals surface area contributed by atoms with Crippen LogP contribution in [0, 0.1) is 0 Å². The van der Waals surface area contributed by atoms with E-state index in [-0.39, 0.29) is 20.4 Å². The number of aliphatic imine (C=N–C) groups is 2. The molecule has 0 fully saturated rings. The van der Waals surface area contributed by atoms with Gasteiger partial charge in [0.15, 0.2) is 0 Å². The molecule has 0 aliphatic carbocycles. The van der Waals surface area contributed by atoms with Crippen LogP contribution < -0.4 is 0 Å². The molecule has 2 rings (SSSR count). The second-order valence-corrected chi connectivity index (χ2v) is 9.94. The molecule has 0 heterocycles. The van der Waals surface area contributed by atoms with Crippen molar-refractivity contribution in [3.63, 3.8) is 0 Å². The quantitative estimate of drug-likeness (QED) is 0.0951. The first-order valence-corrected chi connectivity index (χ1v) is 14.5. The second-order valence-electron chi connectivity index (χ2n) is 9.94. The monoisotopic (exact) mass is 580 g/mol. The Balaban J connectivity index is 0.00000648. The number of benzene rings is 2. The van der Waals surface area contributed by atoms with Crippen molar-refractivity contribution < 1.29 is 20.4 Å². The second kappa shape index (κ2) is 20.5. The first kappa shape index (κ1) is 32.5. The third-order valence-corrected chi connectivity index (χ3v) is 6.58. The molecule has 0 unspecified atom stereocenters. The van der Waals surface area contributed by atoms with Gasteiger partial charge >= 0.3 is 0 Å². The summed E-state index contributed by atoms with van der Waals surface area (Å²) in [4.78, 5) is 10.5. The minimum atomic E-state index is 0. The Labute approximate surface area is 236 Å². The molecule has 202 valence electrons. The third-order valence-electron chi connectivity index (χ3n) is 6.58. The van der Waals surface area contributed by atoms with Gasteiger partial charge in [-0.3, -0.25) is 9.98 Å².